The zero-order valence-corrected chi connectivity index (χ0v) is 9.17. The largest absolute Gasteiger partial charge is 0.397 e. The van der Waals surface area contributed by atoms with Gasteiger partial charge >= 0.3 is 0 Å². The van der Waals surface area contributed by atoms with E-state index in [0.717, 1.165) is 18.8 Å². The summed E-state index contributed by atoms with van der Waals surface area (Å²) in [5, 5.41) is 0. The molecule has 2 rings (SSSR count). The zero-order valence-electron chi connectivity index (χ0n) is 9.17. The van der Waals surface area contributed by atoms with E-state index in [-0.39, 0.29) is 0 Å². The molecule has 1 saturated heterocycles. The molecule has 2 N–H and O–H groups in total. The molecule has 0 radical (unpaired) electrons. The molecule has 14 heavy (non-hydrogen) atoms. The van der Waals surface area contributed by atoms with Crippen LogP contribution in [0.5, 0.6) is 0 Å². The summed E-state index contributed by atoms with van der Waals surface area (Å²) in [7, 11) is 0. The number of para-hydroxylation sites is 1. The number of nitrogens with two attached hydrogens (primary N) is 1. The van der Waals surface area contributed by atoms with Gasteiger partial charge in [-0.2, -0.15) is 0 Å². The highest BCUT2D eigenvalue weighted by molar-refractivity contribution is 5.72. The molecule has 0 saturated carbocycles. The predicted molar refractivity (Wildman–Crippen MR) is 61.6 cm³/mol. The Hall–Kier alpha value is -1.18. The van der Waals surface area contributed by atoms with Gasteiger partial charge in [-0.3, -0.25) is 0 Å². The van der Waals surface area contributed by atoms with Gasteiger partial charge in [0.05, 0.1) is 11.4 Å². The molecule has 0 unspecified atom stereocenters. The summed E-state index contributed by atoms with van der Waals surface area (Å²) in [4.78, 5) is 2.37. The van der Waals surface area contributed by atoms with Crippen molar-refractivity contribution in [3.05, 3.63) is 23.8 Å². The summed E-state index contributed by atoms with van der Waals surface area (Å²) in [5.74, 6) is 0. The molecule has 2 heteroatoms. The Kier molecular flexibility index (Phi) is 1.95. The second-order valence-electron chi connectivity index (χ2n) is 5.03. The van der Waals surface area contributed by atoms with Gasteiger partial charge in [0.2, 0.25) is 0 Å². The Bertz CT molecular complexity index is 327. The predicted octanol–water partition coefficient (Wildman–Crippen LogP) is 2.42. The highest BCUT2D eigenvalue weighted by Gasteiger charge is 2.35. The first-order valence-corrected chi connectivity index (χ1v) is 5.10. The smallest absolute Gasteiger partial charge is 0.0629 e. The lowest BCUT2D eigenvalue weighted by molar-refractivity contribution is 0.276. The number of rotatable bonds is 1. The molecule has 1 aliphatic heterocycles. The van der Waals surface area contributed by atoms with Crippen LogP contribution in [-0.4, -0.2) is 13.1 Å². The van der Waals surface area contributed by atoms with Gasteiger partial charge in [0.1, 0.15) is 0 Å². The van der Waals surface area contributed by atoms with E-state index in [9.17, 15) is 0 Å². The second kappa shape index (κ2) is 2.91. The fourth-order valence-corrected chi connectivity index (χ4v) is 2.26. The Balaban J connectivity index is 2.26. The standard InChI is InChI=1S/C12H18N2/c1-9-5-4-6-10(13)11(9)14-7-12(2,3)8-14/h4-6H,7-8,13H2,1-3H3. The van der Waals surface area contributed by atoms with Crippen LogP contribution in [0.3, 0.4) is 0 Å². The van der Waals surface area contributed by atoms with Crippen molar-refractivity contribution in [2.75, 3.05) is 23.7 Å². The fourth-order valence-electron chi connectivity index (χ4n) is 2.26. The van der Waals surface area contributed by atoms with Gasteiger partial charge in [0, 0.05) is 13.1 Å². The lowest BCUT2D eigenvalue weighted by Crippen LogP contribution is -2.53. The van der Waals surface area contributed by atoms with Crippen molar-refractivity contribution in [2.24, 2.45) is 5.41 Å². The van der Waals surface area contributed by atoms with Gasteiger partial charge in [0.25, 0.3) is 0 Å². The average molecular weight is 190 g/mol. The van der Waals surface area contributed by atoms with Gasteiger partial charge in [-0.1, -0.05) is 26.0 Å². The van der Waals surface area contributed by atoms with E-state index in [0.29, 0.717) is 5.41 Å². The van der Waals surface area contributed by atoms with E-state index in [1.165, 1.54) is 11.3 Å². The topological polar surface area (TPSA) is 29.3 Å². The van der Waals surface area contributed by atoms with Crippen molar-refractivity contribution in [3.63, 3.8) is 0 Å². The molecule has 0 atom stereocenters. The van der Waals surface area contributed by atoms with Gasteiger partial charge in [-0.15, -0.1) is 0 Å². The van der Waals surface area contributed by atoms with Crippen molar-refractivity contribution in [1.82, 2.24) is 0 Å². The molecule has 1 aliphatic rings. The Morgan fingerprint density at radius 2 is 1.93 bits per heavy atom. The van der Waals surface area contributed by atoms with Crippen LogP contribution in [0, 0.1) is 12.3 Å². The van der Waals surface area contributed by atoms with Crippen molar-refractivity contribution in [2.45, 2.75) is 20.8 Å². The number of hydrogen-bond acceptors (Lipinski definition) is 2. The Labute approximate surface area is 85.7 Å². The number of hydrogen-bond donors (Lipinski definition) is 1. The van der Waals surface area contributed by atoms with Crippen LogP contribution in [0.15, 0.2) is 18.2 Å². The average Bonchev–Trinajstić information content (AvgIpc) is 2.00. The summed E-state index contributed by atoms with van der Waals surface area (Å²) in [6, 6.07) is 6.11. The van der Waals surface area contributed by atoms with Crippen LogP contribution in [0.4, 0.5) is 11.4 Å². The molecule has 1 aromatic carbocycles. The molecule has 1 fully saturated rings. The minimum absolute atomic E-state index is 0.453. The fraction of sp³-hybridized carbons (Fsp3) is 0.500. The van der Waals surface area contributed by atoms with E-state index in [1.807, 2.05) is 12.1 Å². The summed E-state index contributed by atoms with van der Waals surface area (Å²) >= 11 is 0. The van der Waals surface area contributed by atoms with Crippen LogP contribution < -0.4 is 10.6 Å². The summed E-state index contributed by atoms with van der Waals surface area (Å²) in [6.45, 7) is 8.93. The number of aryl methyl sites for hydroxylation is 1. The van der Waals surface area contributed by atoms with E-state index < -0.39 is 0 Å². The van der Waals surface area contributed by atoms with Crippen LogP contribution in [0.1, 0.15) is 19.4 Å². The molecule has 0 bridgehead atoms. The third-order valence-corrected chi connectivity index (χ3v) is 2.82. The minimum Gasteiger partial charge on any atom is -0.397 e. The summed E-state index contributed by atoms with van der Waals surface area (Å²) in [5.41, 5.74) is 9.84. The van der Waals surface area contributed by atoms with Crippen molar-refractivity contribution < 1.29 is 0 Å². The molecule has 0 amide bonds. The molecule has 0 spiro atoms. The number of benzene rings is 1. The lowest BCUT2D eigenvalue weighted by Gasteiger charge is -2.48. The first kappa shape index (κ1) is 9.38. The van der Waals surface area contributed by atoms with Crippen molar-refractivity contribution in [1.29, 1.82) is 0 Å². The Morgan fingerprint density at radius 3 is 2.43 bits per heavy atom. The number of nitrogens with zero attached hydrogens (tertiary/aromatic N) is 1. The maximum Gasteiger partial charge on any atom is 0.0629 e. The van der Waals surface area contributed by atoms with Crippen LogP contribution >= 0.6 is 0 Å². The molecular weight excluding hydrogens is 172 g/mol. The molecular formula is C12H18N2. The van der Waals surface area contributed by atoms with E-state index in [4.69, 9.17) is 5.73 Å². The highest BCUT2D eigenvalue weighted by Crippen LogP contribution is 2.38. The van der Waals surface area contributed by atoms with E-state index >= 15 is 0 Å². The minimum atomic E-state index is 0.453. The van der Waals surface area contributed by atoms with Gasteiger partial charge in [-0.05, 0) is 24.0 Å². The molecule has 0 aromatic heterocycles. The summed E-state index contributed by atoms with van der Waals surface area (Å²) in [6.07, 6.45) is 0. The first-order valence-electron chi connectivity index (χ1n) is 5.10. The SMILES string of the molecule is Cc1cccc(N)c1N1CC(C)(C)C1. The van der Waals surface area contributed by atoms with E-state index in [1.54, 1.807) is 0 Å². The molecule has 76 valence electrons. The van der Waals surface area contributed by atoms with Crippen LogP contribution in [0.2, 0.25) is 0 Å². The molecule has 0 aliphatic carbocycles. The van der Waals surface area contributed by atoms with Gasteiger partial charge < -0.3 is 10.6 Å². The van der Waals surface area contributed by atoms with Crippen molar-refractivity contribution in [3.8, 4) is 0 Å². The van der Waals surface area contributed by atoms with Crippen molar-refractivity contribution >= 4 is 11.4 Å². The number of nitrogen functional groups attached to an aromatic ring is 1. The maximum absolute atomic E-state index is 5.98. The van der Waals surface area contributed by atoms with Gasteiger partial charge in [-0.25, -0.2) is 0 Å². The first-order chi connectivity index (χ1) is 6.49. The normalized spacial score (nSPS) is 19.2. The molecule has 2 nitrogen and oxygen atoms in total. The number of anilines is 2. The molecule has 1 heterocycles. The second-order valence-corrected chi connectivity index (χ2v) is 5.03. The molecule has 1 aromatic rings. The van der Waals surface area contributed by atoms with Gasteiger partial charge in [0.15, 0.2) is 0 Å². The third-order valence-electron chi connectivity index (χ3n) is 2.82. The maximum atomic E-state index is 5.98. The lowest BCUT2D eigenvalue weighted by atomic mass is 9.83. The van der Waals surface area contributed by atoms with Crippen LogP contribution in [-0.2, 0) is 0 Å². The quantitative estimate of drug-likeness (QED) is 0.689. The Morgan fingerprint density at radius 1 is 1.29 bits per heavy atom. The summed E-state index contributed by atoms with van der Waals surface area (Å²) < 4.78 is 0. The highest BCUT2D eigenvalue weighted by atomic mass is 15.2. The third kappa shape index (κ3) is 1.45. The van der Waals surface area contributed by atoms with Crippen LogP contribution in [0.25, 0.3) is 0 Å². The van der Waals surface area contributed by atoms with E-state index in [2.05, 4.69) is 31.7 Å². The monoisotopic (exact) mass is 190 g/mol. The zero-order chi connectivity index (χ0) is 10.3.